The summed E-state index contributed by atoms with van der Waals surface area (Å²) in [4.78, 5) is 3.88. The van der Waals surface area contributed by atoms with Gasteiger partial charge < -0.3 is 10.5 Å². The molecule has 0 unspecified atom stereocenters. The Kier molecular flexibility index (Phi) is 4.08. The van der Waals surface area contributed by atoms with Gasteiger partial charge in [0.15, 0.2) is 0 Å². The maximum absolute atomic E-state index is 13.2. The Bertz CT molecular complexity index is 689. The average molecular weight is 365 g/mol. The second-order valence-corrected chi connectivity index (χ2v) is 4.99. The smallest absolute Gasteiger partial charge is 0.419 e. The van der Waals surface area contributed by atoms with E-state index in [1.807, 2.05) is 0 Å². The average Bonchev–Trinajstić information content (AvgIpc) is 2.40. The number of alkyl halides is 3. The van der Waals surface area contributed by atoms with Crippen molar-refractivity contribution in [2.24, 2.45) is 0 Å². The number of aromatic nitrogens is 1. The minimum absolute atomic E-state index is 0.0430. The quantitative estimate of drug-likeness (QED) is 0.786. The summed E-state index contributed by atoms with van der Waals surface area (Å²) in [7, 11) is 0. The van der Waals surface area contributed by atoms with Gasteiger partial charge in [-0.2, -0.15) is 13.2 Å². The van der Waals surface area contributed by atoms with Gasteiger partial charge in [-0.3, -0.25) is 0 Å². The topological polar surface area (TPSA) is 48.1 Å². The molecule has 2 aromatic rings. The fraction of sp³-hybridized carbons (Fsp3) is 0.154. The van der Waals surface area contributed by atoms with Gasteiger partial charge in [0.05, 0.1) is 21.9 Å². The van der Waals surface area contributed by atoms with Crippen molar-refractivity contribution in [2.75, 3.05) is 5.73 Å². The summed E-state index contributed by atoms with van der Waals surface area (Å²) in [6.07, 6.45) is -3.48. The number of rotatable bonds is 2. The van der Waals surface area contributed by atoms with Crippen LogP contribution in [0.25, 0.3) is 0 Å². The number of halogens is 5. The number of nitrogens with two attached hydrogens (primary N) is 1. The summed E-state index contributed by atoms with van der Waals surface area (Å²) in [6, 6.07) is 2.36. The van der Waals surface area contributed by atoms with E-state index in [-0.39, 0.29) is 11.6 Å². The molecule has 1 aromatic heterocycles. The highest BCUT2D eigenvalue weighted by Crippen LogP contribution is 2.36. The maximum Gasteiger partial charge on any atom is 0.419 e. The first kappa shape index (κ1) is 15.6. The molecule has 0 saturated carbocycles. The third-order valence-electron chi connectivity index (χ3n) is 2.73. The molecule has 2 rings (SSSR count). The zero-order chi connectivity index (χ0) is 15.8. The molecule has 1 aromatic carbocycles. The van der Waals surface area contributed by atoms with Crippen LogP contribution in [0.2, 0.25) is 0 Å². The molecule has 0 radical (unpaired) electrons. The van der Waals surface area contributed by atoms with Crippen molar-refractivity contribution in [1.82, 2.24) is 4.98 Å². The molecule has 2 N–H and O–H groups in total. The van der Waals surface area contributed by atoms with E-state index in [4.69, 9.17) is 10.5 Å². The van der Waals surface area contributed by atoms with Crippen LogP contribution < -0.4 is 10.5 Å². The molecule has 0 amide bonds. The summed E-state index contributed by atoms with van der Waals surface area (Å²) in [5, 5.41) is 0. The molecule has 3 nitrogen and oxygen atoms in total. The number of nitrogen functional groups attached to an aromatic ring is 1. The van der Waals surface area contributed by atoms with E-state index in [9.17, 15) is 17.6 Å². The molecule has 0 spiro atoms. The van der Waals surface area contributed by atoms with Crippen LogP contribution in [0.1, 0.15) is 11.1 Å². The number of pyridine rings is 1. The fourth-order valence-corrected chi connectivity index (χ4v) is 1.95. The summed E-state index contributed by atoms with van der Waals surface area (Å²) < 4.78 is 56.7. The van der Waals surface area contributed by atoms with Gasteiger partial charge in [-0.05, 0) is 46.6 Å². The van der Waals surface area contributed by atoms with Crippen LogP contribution in [-0.2, 0) is 6.18 Å². The molecule has 0 bridgehead atoms. The van der Waals surface area contributed by atoms with E-state index >= 15 is 0 Å². The Morgan fingerprint density at radius 3 is 2.57 bits per heavy atom. The summed E-state index contributed by atoms with van der Waals surface area (Å²) in [6.45, 7) is 1.69. The molecule has 0 aliphatic heterocycles. The molecule has 0 aliphatic rings. The van der Waals surface area contributed by atoms with Crippen LogP contribution in [-0.4, -0.2) is 4.98 Å². The Morgan fingerprint density at radius 2 is 1.95 bits per heavy atom. The lowest BCUT2D eigenvalue weighted by Gasteiger charge is -2.12. The largest absolute Gasteiger partial charge is 0.438 e. The summed E-state index contributed by atoms with van der Waals surface area (Å²) in [5.74, 6) is -1.50. The SMILES string of the molecule is Cc1c(N)cnc(Oc2ccc(F)c(C(F)(F)F)c2)c1Br. The Morgan fingerprint density at radius 1 is 1.29 bits per heavy atom. The molecular weight excluding hydrogens is 356 g/mol. The Balaban J connectivity index is 2.39. The van der Waals surface area contributed by atoms with Crippen molar-refractivity contribution in [2.45, 2.75) is 13.1 Å². The molecule has 0 aliphatic carbocycles. The third-order valence-corrected chi connectivity index (χ3v) is 3.66. The lowest BCUT2D eigenvalue weighted by atomic mass is 10.2. The lowest BCUT2D eigenvalue weighted by molar-refractivity contribution is -0.140. The standard InChI is InChI=1S/C13H9BrF4N2O/c1-6-10(19)5-20-12(11(6)14)21-7-2-3-9(15)8(4-7)13(16,17)18/h2-5H,19H2,1H3. The predicted octanol–water partition coefficient (Wildman–Crippen LogP) is 4.68. The molecular formula is C13H9BrF4N2O. The Hall–Kier alpha value is -1.83. The van der Waals surface area contributed by atoms with E-state index in [1.54, 1.807) is 6.92 Å². The second kappa shape index (κ2) is 5.51. The van der Waals surface area contributed by atoms with Crippen molar-refractivity contribution in [1.29, 1.82) is 0 Å². The lowest BCUT2D eigenvalue weighted by Crippen LogP contribution is -2.08. The van der Waals surface area contributed by atoms with Crippen LogP contribution in [0, 0.1) is 12.7 Å². The van der Waals surface area contributed by atoms with Crippen LogP contribution in [0.5, 0.6) is 11.6 Å². The number of anilines is 1. The Labute approximate surface area is 125 Å². The van der Waals surface area contributed by atoms with Gasteiger partial charge >= 0.3 is 6.18 Å². The van der Waals surface area contributed by atoms with Gasteiger partial charge in [-0.1, -0.05) is 0 Å². The van der Waals surface area contributed by atoms with Crippen molar-refractivity contribution < 1.29 is 22.3 Å². The number of nitrogens with zero attached hydrogens (tertiary/aromatic N) is 1. The fourth-order valence-electron chi connectivity index (χ4n) is 1.54. The van der Waals surface area contributed by atoms with E-state index in [0.29, 0.717) is 27.9 Å². The number of hydrogen-bond donors (Lipinski definition) is 1. The van der Waals surface area contributed by atoms with E-state index in [0.717, 1.165) is 6.07 Å². The normalized spacial score (nSPS) is 11.5. The number of benzene rings is 1. The first-order valence-corrected chi connectivity index (χ1v) is 6.44. The molecule has 0 atom stereocenters. The minimum Gasteiger partial charge on any atom is -0.438 e. The molecule has 8 heteroatoms. The molecule has 0 fully saturated rings. The predicted molar refractivity (Wildman–Crippen MR) is 72.6 cm³/mol. The highest BCUT2D eigenvalue weighted by Gasteiger charge is 2.34. The second-order valence-electron chi connectivity index (χ2n) is 4.20. The number of hydrogen-bond acceptors (Lipinski definition) is 3. The van der Waals surface area contributed by atoms with E-state index in [2.05, 4.69) is 20.9 Å². The highest BCUT2D eigenvalue weighted by atomic mass is 79.9. The third kappa shape index (κ3) is 3.26. The van der Waals surface area contributed by atoms with Gasteiger partial charge in [-0.25, -0.2) is 9.37 Å². The number of ether oxygens (including phenoxy) is 1. The van der Waals surface area contributed by atoms with Crippen molar-refractivity contribution in [3.05, 3.63) is 45.8 Å². The minimum atomic E-state index is -4.80. The van der Waals surface area contributed by atoms with Gasteiger partial charge in [-0.15, -0.1) is 0 Å². The van der Waals surface area contributed by atoms with Gasteiger partial charge in [0.2, 0.25) is 5.88 Å². The van der Waals surface area contributed by atoms with Gasteiger partial charge in [0.1, 0.15) is 11.6 Å². The van der Waals surface area contributed by atoms with Crippen LogP contribution in [0.15, 0.2) is 28.9 Å². The van der Waals surface area contributed by atoms with Crippen molar-refractivity contribution in [3.63, 3.8) is 0 Å². The van der Waals surface area contributed by atoms with Crippen LogP contribution >= 0.6 is 15.9 Å². The van der Waals surface area contributed by atoms with Gasteiger partial charge in [0, 0.05) is 0 Å². The van der Waals surface area contributed by atoms with Crippen molar-refractivity contribution >= 4 is 21.6 Å². The van der Waals surface area contributed by atoms with E-state index < -0.39 is 17.6 Å². The summed E-state index contributed by atoms with van der Waals surface area (Å²) >= 11 is 3.20. The molecule has 0 saturated heterocycles. The van der Waals surface area contributed by atoms with Crippen LogP contribution in [0.4, 0.5) is 23.2 Å². The van der Waals surface area contributed by atoms with Gasteiger partial charge in [0.25, 0.3) is 0 Å². The van der Waals surface area contributed by atoms with Crippen molar-refractivity contribution in [3.8, 4) is 11.6 Å². The molecule has 112 valence electrons. The first-order chi connectivity index (χ1) is 9.70. The zero-order valence-electron chi connectivity index (χ0n) is 10.6. The zero-order valence-corrected chi connectivity index (χ0v) is 12.2. The maximum atomic E-state index is 13.2. The van der Waals surface area contributed by atoms with E-state index in [1.165, 1.54) is 6.20 Å². The molecule has 21 heavy (non-hydrogen) atoms. The highest BCUT2D eigenvalue weighted by molar-refractivity contribution is 9.10. The monoisotopic (exact) mass is 364 g/mol. The molecule has 1 heterocycles. The van der Waals surface area contributed by atoms with Crippen LogP contribution in [0.3, 0.4) is 0 Å². The first-order valence-electron chi connectivity index (χ1n) is 5.65. The summed E-state index contributed by atoms with van der Waals surface area (Å²) in [5.41, 5.74) is 5.28.